The molecule has 6 heteroatoms. The third-order valence-electron chi connectivity index (χ3n) is 5.39. The molecule has 1 aliphatic heterocycles. The maximum atomic E-state index is 13.0. The average molecular weight is 410 g/mol. The third kappa shape index (κ3) is 8.58. The number of cyclic esters (lactones) is 1. The summed E-state index contributed by atoms with van der Waals surface area (Å²) in [7, 11) is 0. The molecule has 0 bridgehead atoms. The molecule has 0 saturated carbocycles. The fraction of sp³-hybridized carbons (Fsp3) is 0.783. The van der Waals surface area contributed by atoms with Gasteiger partial charge in [-0.05, 0) is 43.4 Å². The van der Waals surface area contributed by atoms with Crippen LogP contribution in [-0.2, 0) is 19.1 Å². The summed E-state index contributed by atoms with van der Waals surface area (Å²) < 4.78 is 10.1. The van der Waals surface area contributed by atoms with Gasteiger partial charge in [-0.25, -0.2) is 14.5 Å². The summed E-state index contributed by atoms with van der Waals surface area (Å²) >= 11 is 0. The van der Waals surface area contributed by atoms with Crippen LogP contribution in [0.3, 0.4) is 0 Å². The zero-order valence-electron chi connectivity index (χ0n) is 19.0. The quantitative estimate of drug-likeness (QED) is 0.350. The van der Waals surface area contributed by atoms with E-state index in [4.69, 9.17) is 9.47 Å². The van der Waals surface area contributed by atoms with Gasteiger partial charge in [0.2, 0.25) is 5.91 Å². The van der Waals surface area contributed by atoms with Crippen molar-refractivity contribution in [3.63, 3.8) is 0 Å². The van der Waals surface area contributed by atoms with Gasteiger partial charge in [0, 0.05) is 12.5 Å². The minimum Gasteiger partial charge on any atom is -0.463 e. The molecule has 1 heterocycles. The number of amides is 2. The lowest BCUT2D eigenvalue weighted by atomic mass is 9.85. The number of rotatable bonds is 11. The highest BCUT2D eigenvalue weighted by Crippen LogP contribution is 2.32. The molecule has 1 aliphatic rings. The SMILES string of the molecule is CCCC[C@H](CC(=O)N1C(=O)OC[C@@H]1C(C)(C)C)C[C@H](C)C/C=C/C(=O)OCC. The van der Waals surface area contributed by atoms with Crippen LogP contribution in [0.25, 0.3) is 0 Å². The molecule has 1 fully saturated rings. The maximum absolute atomic E-state index is 13.0. The maximum Gasteiger partial charge on any atom is 0.416 e. The standard InChI is InChI=1S/C23H39NO5/c1-7-9-12-18(14-17(3)11-10-13-21(26)28-8-2)15-20(25)24-19(23(4,5)6)16-29-22(24)27/h10,13,17-19H,7-9,11-12,14-16H2,1-6H3/b13-10+/t17-,18+,19-/m1/s1. The predicted octanol–water partition coefficient (Wildman–Crippen LogP) is 5.11. The van der Waals surface area contributed by atoms with E-state index < -0.39 is 6.09 Å². The van der Waals surface area contributed by atoms with Crippen LogP contribution in [0, 0.1) is 17.3 Å². The van der Waals surface area contributed by atoms with Gasteiger partial charge in [-0.15, -0.1) is 0 Å². The largest absolute Gasteiger partial charge is 0.463 e. The fourth-order valence-electron chi connectivity index (χ4n) is 3.73. The van der Waals surface area contributed by atoms with Gasteiger partial charge in [0.15, 0.2) is 0 Å². The van der Waals surface area contributed by atoms with Crippen molar-refractivity contribution < 1.29 is 23.9 Å². The number of allylic oxidation sites excluding steroid dienone is 1. The van der Waals surface area contributed by atoms with Crippen LogP contribution in [0.2, 0.25) is 0 Å². The van der Waals surface area contributed by atoms with Gasteiger partial charge in [-0.3, -0.25) is 4.79 Å². The van der Waals surface area contributed by atoms with Crippen LogP contribution in [0.1, 0.15) is 80.1 Å². The molecule has 3 atom stereocenters. The Kier molecular flexibility index (Phi) is 10.4. The highest BCUT2D eigenvalue weighted by atomic mass is 16.6. The smallest absolute Gasteiger partial charge is 0.416 e. The summed E-state index contributed by atoms with van der Waals surface area (Å²) in [6, 6.07) is -0.223. The first kappa shape index (κ1) is 25.2. The lowest BCUT2D eigenvalue weighted by molar-refractivity contribution is -0.137. The zero-order chi connectivity index (χ0) is 22.0. The Morgan fingerprint density at radius 1 is 1.31 bits per heavy atom. The first-order valence-corrected chi connectivity index (χ1v) is 10.9. The number of carbonyl (C=O) groups is 3. The number of hydrogen-bond donors (Lipinski definition) is 0. The normalized spacial score (nSPS) is 19.3. The van der Waals surface area contributed by atoms with E-state index in [1.54, 1.807) is 6.92 Å². The topological polar surface area (TPSA) is 72.9 Å². The number of hydrogen-bond acceptors (Lipinski definition) is 5. The van der Waals surface area contributed by atoms with Crippen molar-refractivity contribution in [2.24, 2.45) is 17.3 Å². The van der Waals surface area contributed by atoms with Crippen LogP contribution in [-0.4, -0.2) is 42.1 Å². The van der Waals surface area contributed by atoms with E-state index >= 15 is 0 Å². The number of ether oxygens (including phenoxy) is 2. The number of carbonyl (C=O) groups excluding carboxylic acids is 3. The predicted molar refractivity (Wildman–Crippen MR) is 113 cm³/mol. The highest BCUT2D eigenvalue weighted by molar-refractivity contribution is 5.93. The summed E-state index contributed by atoms with van der Waals surface area (Å²) in [6.07, 6.45) is 7.86. The van der Waals surface area contributed by atoms with Crippen LogP contribution in [0.15, 0.2) is 12.2 Å². The van der Waals surface area contributed by atoms with E-state index in [0.717, 1.165) is 32.1 Å². The second-order valence-corrected chi connectivity index (χ2v) is 9.17. The monoisotopic (exact) mass is 409 g/mol. The first-order chi connectivity index (χ1) is 13.6. The second-order valence-electron chi connectivity index (χ2n) is 9.17. The average Bonchev–Trinajstić information content (AvgIpc) is 3.02. The van der Waals surface area contributed by atoms with E-state index in [-0.39, 0.29) is 35.9 Å². The molecule has 0 aliphatic carbocycles. The fourth-order valence-corrected chi connectivity index (χ4v) is 3.73. The third-order valence-corrected chi connectivity index (χ3v) is 5.39. The summed E-state index contributed by atoms with van der Waals surface area (Å²) in [5, 5.41) is 0. The number of unbranched alkanes of at least 4 members (excludes halogenated alkanes) is 1. The number of nitrogens with zero attached hydrogens (tertiary/aromatic N) is 1. The Labute approximate surface area is 176 Å². The van der Waals surface area contributed by atoms with Crippen molar-refractivity contribution in [3.8, 4) is 0 Å². The number of esters is 1. The molecule has 1 rings (SSSR count). The molecule has 6 nitrogen and oxygen atoms in total. The van der Waals surface area contributed by atoms with Crippen molar-refractivity contribution in [2.45, 2.75) is 86.1 Å². The molecule has 0 aromatic rings. The van der Waals surface area contributed by atoms with E-state index in [9.17, 15) is 14.4 Å². The Morgan fingerprint density at radius 3 is 2.59 bits per heavy atom. The molecule has 0 aromatic carbocycles. The lowest BCUT2D eigenvalue weighted by Crippen LogP contribution is -2.46. The molecule has 0 radical (unpaired) electrons. The molecule has 166 valence electrons. The van der Waals surface area contributed by atoms with Crippen molar-refractivity contribution in [2.75, 3.05) is 13.2 Å². The van der Waals surface area contributed by atoms with Gasteiger partial charge >= 0.3 is 12.1 Å². The van der Waals surface area contributed by atoms with Crippen LogP contribution in [0.4, 0.5) is 4.79 Å². The Hall–Kier alpha value is -1.85. The van der Waals surface area contributed by atoms with Crippen LogP contribution in [0.5, 0.6) is 0 Å². The summed E-state index contributed by atoms with van der Waals surface area (Å²) in [5.41, 5.74) is -0.216. The molecule has 1 saturated heterocycles. The minimum absolute atomic E-state index is 0.136. The molecule has 0 aromatic heterocycles. The van der Waals surface area contributed by atoms with Gasteiger partial charge in [0.25, 0.3) is 0 Å². The Bertz CT molecular complexity index is 578. The zero-order valence-corrected chi connectivity index (χ0v) is 19.0. The van der Waals surface area contributed by atoms with Crippen molar-refractivity contribution in [1.29, 1.82) is 0 Å². The van der Waals surface area contributed by atoms with Gasteiger partial charge < -0.3 is 9.47 Å². The molecule has 2 amide bonds. The van der Waals surface area contributed by atoms with Crippen LogP contribution >= 0.6 is 0 Å². The van der Waals surface area contributed by atoms with Gasteiger partial charge in [0.05, 0.1) is 12.6 Å². The van der Waals surface area contributed by atoms with Crippen molar-refractivity contribution >= 4 is 18.0 Å². The van der Waals surface area contributed by atoms with Gasteiger partial charge in [-0.2, -0.15) is 0 Å². The Morgan fingerprint density at radius 2 is 2.00 bits per heavy atom. The molecule has 0 spiro atoms. The Balaban J connectivity index is 2.71. The molecular formula is C23H39NO5. The molecule has 29 heavy (non-hydrogen) atoms. The summed E-state index contributed by atoms with van der Waals surface area (Å²) in [5.74, 6) is 0.0858. The van der Waals surface area contributed by atoms with E-state index in [0.29, 0.717) is 18.9 Å². The second kappa shape index (κ2) is 12.0. The molecule has 0 unspecified atom stereocenters. The van der Waals surface area contributed by atoms with E-state index in [1.807, 2.05) is 26.8 Å². The lowest BCUT2D eigenvalue weighted by Gasteiger charge is -2.32. The molecule has 0 N–H and O–H groups in total. The summed E-state index contributed by atoms with van der Waals surface area (Å²) in [6.45, 7) is 12.7. The van der Waals surface area contributed by atoms with Crippen molar-refractivity contribution in [1.82, 2.24) is 4.90 Å². The first-order valence-electron chi connectivity index (χ1n) is 10.9. The molecular weight excluding hydrogens is 370 g/mol. The van der Waals surface area contributed by atoms with Gasteiger partial charge in [0.1, 0.15) is 6.61 Å². The number of imide groups is 1. The van der Waals surface area contributed by atoms with E-state index in [1.165, 1.54) is 11.0 Å². The van der Waals surface area contributed by atoms with E-state index in [2.05, 4.69) is 13.8 Å². The van der Waals surface area contributed by atoms with Gasteiger partial charge in [-0.1, -0.05) is 53.5 Å². The summed E-state index contributed by atoms with van der Waals surface area (Å²) in [4.78, 5) is 37.9. The van der Waals surface area contributed by atoms with Crippen LogP contribution < -0.4 is 0 Å². The van der Waals surface area contributed by atoms with Crippen molar-refractivity contribution in [3.05, 3.63) is 12.2 Å². The minimum atomic E-state index is -0.519. The highest BCUT2D eigenvalue weighted by Gasteiger charge is 2.44.